The number of nitrogens with zero attached hydrogens (tertiary/aromatic N) is 1. The summed E-state index contributed by atoms with van der Waals surface area (Å²) in [4.78, 5) is 4.41. The van der Waals surface area contributed by atoms with Crippen molar-refractivity contribution < 1.29 is 4.42 Å². The molecule has 0 aliphatic rings. The molecular formula is C13H8BrClN2O. The molecule has 0 spiro atoms. The van der Waals surface area contributed by atoms with E-state index in [1.807, 2.05) is 18.2 Å². The standard InChI is InChI=1S/C13H8BrClN2O/c14-7-1-4-12-11(5-7)17-13(18-12)9-6-8(15)2-3-10(9)16/h1-6H,16H2. The summed E-state index contributed by atoms with van der Waals surface area (Å²) in [6.07, 6.45) is 0. The van der Waals surface area contributed by atoms with Gasteiger partial charge in [-0.2, -0.15) is 0 Å². The minimum absolute atomic E-state index is 0.475. The van der Waals surface area contributed by atoms with Gasteiger partial charge in [0, 0.05) is 15.2 Å². The lowest BCUT2D eigenvalue weighted by Gasteiger charge is -2.00. The first kappa shape index (κ1) is 11.6. The summed E-state index contributed by atoms with van der Waals surface area (Å²) in [5, 5.41) is 0.600. The molecule has 0 aliphatic carbocycles. The Morgan fingerprint density at radius 2 is 2.00 bits per heavy atom. The molecule has 0 unspecified atom stereocenters. The van der Waals surface area contributed by atoms with E-state index < -0.39 is 0 Å². The lowest BCUT2D eigenvalue weighted by molar-refractivity contribution is 0.620. The predicted octanol–water partition coefficient (Wildman–Crippen LogP) is 4.49. The maximum atomic E-state index is 5.96. The van der Waals surface area contributed by atoms with Gasteiger partial charge in [-0.05, 0) is 36.4 Å². The van der Waals surface area contributed by atoms with Crippen molar-refractivity contribution in [3.8, 4) is 11.5 Å². The van der Waals surface area contributed by atoms with E-state index in [0.717, 1.165) is 9.99 Å². The Morgan fingerprint density at radius 1 is 1.17 bits per heavy atom. The normalized spacial score (nSPS) is 11.0. The molecule has 3 nitrogen and oxygen atoms in total. The zero-order chi connectivity index (χ0) is 12.7. The molecule has 1 aromatic heterocycles. The Morgan fingerprint density at radius 3 is 2.83 bits per heavy atom. The van der Waals surface area contributed by atoms with Gasteiger partial charge < -0.3 is 10.2 Å². The van der Waals surface area contributed by atoms with Gasteiger partial charge >= 0.3 is 0 Å². The molecule has 2 aromatic carbocycles. The number of halogens is 2. The van der Waals surface area contributed by atoms with Crippen LogP contribution >= 0.6 is 27.5 Å². The molecule has 0 amide bonds. The Labute approximate surface area is 117 Å². The maximum Gasteiger partial charge on any atom is 0.229 e. The van der Waals surface area contributed by atoms with Crippen LogP contribution in [0.2, 0.25) is 5.02 Å². The number of rotatable bonds is 1. The van der Waals surface area contributed by atoms with Crippen LogP contribution < -0.4 is 5.73 Å². The zero-order valence-electron chi connectivity index (χ0n) is 9.15. The van der Waals surface area contributed by atoms with Crippen molar-refractivity contribution in [3.63, 3.8) is 0 Å². The molecule has 1 heterocycles. The molecule has 0 radical (unpaired) electrons. The first-order chi connectivity index (χ1) is 8.63. The van der Waals surface area contributed by atoms with Crippen molar-refractivity contribution in [1.82, 2.24) is 4.98 Å². The lowest BCUT2D eigenvalue weighted by atomic mass is 10.2. The Balaban J connectivity index is 2.22. The number of aromatic nitrogens is 1. The van der Waals surface area contributed by atoms with Crippen molar-refractivity contribution in [2.45, 2.75) is 0 Å². The molecule has 0 atom stereocenters. The second-order valence-electron chi connectivity index (χ2n) is 3.86. The first-order valence-corrected chi connectivity index (χ1v) is 6.42. The molecule has 5 heteroatoms. The fraction of sp³-hybridized carbons (Fsp3) is 0. The molecule has 0 aliphatic heterocycles. The van der Waals surface area contributed by atoms with Crippen molar-refractivity contribution in [2.75, 3.05) is 5.73 Å². The number of nitrogens with two attached hydrogens (primary N) is 1. The highest BCUT2D eigenvalue weighted by molar-refractivity contribution is 9.10. The third-order valence-electron chi connectivity index (χ3n) is 2.60. The molecule has 3 aromatic rings. The highest BCUT2D eigenvalue weighted by atomic mass is 79.9. The third-order valence-corrected chi connectivity index (χ3v) is 3.32. The van der Waals surface area contributed by atoms with Crippen LogP contribution in [0.3, 0.4) is 0 Å². The number of anilines is 1. The second kappa shape index (κ2) is 4.30. The number of nitrogen functional groups attached to an aromatic ring is 1. The minimum Gasteiger partial charge on any atom is -0.436 e. The number of hydrogen-bond acceptors (Lipinski definition) is 3. The van der Waals surface area contributed by atoms with Crippen LogP contribution in [0.1, 0.15) is 0 Å². The van der Waals surface area contributed by atoms with E-state index in [1.165, 1.54) is 0 Å². The molecule has 3 rings (SSSR count). The van der Waals surface area contributed by atoms with Gasteiger partial charge in [-0.3, -0.25) is 0 Å². The highest BCUT2D eigenvalue weighted by Gasteiger charge is 2.11. The Kier molecular flexibility index (Phi) is 2.76. The molecule has 0 saturated heterocycles. The second-order valence-corrected chi connectivity index (χ2v) is 5.21. The molecule has 0 fully saturated rings. The topological polar surface area (TPSA) is 52.0 Å². The summed E-state index contributed by atoms with van der Waals surface area (Å²) in [6.45, 7) is 0. The fourth-order valence-corrected chi connectivity index (χ4v) is 2.25. The average molecular weight is 324 g/mol. The van der Waals surface area contributed by atoms with E-state index in [2.05, 4.69) is 20.9 Å². The van der Waals surface area contributed by atoms with Crippen LogP contribution in [0.25, 0.3) is 22.6 Å². The van der Waals surface area contributed by atoms with Crippen LogP contribution in [-0.4, -0.2) is 4.98 Å². The molecule has 90 valence electrons. The molecule has 18 heavy (non-hydrogen) atoms. The monoisotopic (exact) mass is 322 g/mol. The largest absolute Gasteiger partial charge is 0.436 e. The molecule has 0 saturated carbocycles. The molecular weight excluding hydrogens is 316 g/mol. The Hall–Kier alpha value is -1.52. The number of fused-ring (bicyclic) bond motifs is 1. The van der Waals surface area contributed by atoms with Gasteiger partial charge in [-0.25, -0.2) is 4.98 Å². The van der Waals surface area contributed by atoms with Gasteiger partial charge in [0.05, 0.1) is 5.56 Å². The smallest absolute Gasteiger partial charge is 0.229 e. The fourth-order valence-electron chi connectivity index (χ4n) is 1.73. The third kappa shape index (κ3) is 1.98. The van der Waals surface area contributed by atoms with Crippen molar-refractivity contribution in [3.05, 3.63) is 45.9 Å². The summed E-state index contributed by atoms with van der Waals surface area (Å²) in [5.41, 5.74) is 8.69. The van der Waals surface area contributed by atoms with Crippen LogP contribution in [0, 0.1) is 0 Å². The summed E-state index contributed by atoms with van der Waals surface area (Å²) >= 11 is 9.35. The average Bonchev–Trinajstić information content (AvgIpc) is 2.74. The number of hydrogen-bond donors (Lipinski definition) is 1. The van der Waals surface area contributed by atoms with Crippen molar-refractivity contribution >= 4 is 44.3 Å². The molecule has 0 bridgehead atoms. The summed E-state index contributed by atoms with van der Waals surface area (Å²) in [6, 6.07) is 10.9. The van der Waals surface area contributed by atoms with Gasteiger partial charge in [0.2, 0.25) is 5.89 Å². The summed E-state index contributed by atoms with van der Waals surface area (Å²) < 4.78 is 6.63. The van der Waals surface area contributed by atoms with E-state index in [4.69, 9.17) is 21.8 Å². The van der Waals surface area contributed by atoms with E-state index in [0.29, 0.717) is 27.7 Å². The van der Waals surface area contributed by atoms with E-state index in [1.54, 1.807) is 18.2 Å². The zero-order valence-corrected chi connectivity index (χ0v) is 11.5. The van der Waals surface area contributed by atoms with Crippen LogP contribution in [0.15, 0.2) is 45.3 Å². The van der Waals surface area contributed by atoms with Crippen LogP contribution in [0.4, 0.5) is 5.69 Å². The summed E-state index contributed by atoms with van der Waals surface area (Å²) in [7, 11) is 0. The SMILES string of the molecule is Nc1ccc(Cl)cc1-c1nc2cc(Br)ccc2o1. The van der Waals surface area contributed by atoms with E-state index in [-0.39, 0.29) is 0 Å². The minimum atomic E-state index is 0.475. The quantitative estimate of drug-likeness (QED) is 0.671. The van der Waals surface area contributed by atoms with Gasteiger partial charge in [0.25, 0.3) is 0 Å². The van der Waals surface area contributed by atoms with Crippen LogP contribution in [0.5, 0.6) is 0 Å². The number of oxazole rings is 1. The van der Waals surface area contributed by atoms with Gasteiger partial charge in [0.15, 0.2) is 5.58 Å². The van der Waals surface area contributed by atoms with Crippen molar-refractivity contribution in [1.29, 1.82) is 0 Å². The van der Waals surface area contributed by atoms with Crippen molar-refractivity contribution in [2.24, 2.45) is 0 Å². The maximum absolute atomic E-state index is 5.96. The number of benzene rings is 2. The highest BCUT2D eigenvalue weighted by Crippen LogP contribution is 2.31. The van der Waals surface area contributed by atoms with Gasteiger partial charge in [-0.1, -0.05) is 27.5 Å². The summed E-state index contributed by atoms with van der Waals surface area (Å²) in [5.74, 6) is 0.475. The lowest BCUT2D eigenvalue weighted by Crippen LogP contribution is -1.89. The predicted molar refractivity (Wildman–Crippen MR) is 76.6 cm³/mol. The molecule has 2 N–H and O–H groups in total. The van der Waals surface area contributed by atoms with E-state index in [9.17, 15) is 0 Å². The Bertz CT molecular complexity index is 739. The van der Waals surface area contributed by atoms with Gasteiger partial charge in [0.1, 0.15) is 5.52 Å². The van der Waals surface area contributed by atoms with Gasteiger partial charge in [-0.15, -0.1) is 0 Å². The van der Waals surface area contributed by atoms with E-state index >= 15 is 0 Å². The first-order valence-electron chi connectivity index (χ1n) is 5.25. The van der Waals surface area contributed by atoms with Crippen LogP contribution in [-0.2, 0) is 0 Å².